The van der Waals surface area contributed by atoms with Gasteiger partial charge in [-0.2, -0.15) is 10.5 Å². The van der Waals surface area contributed by atoms with Crippen LogP contribution in [0, 0.1) is 28.5 Å². The number of hydrogen-bond acceptors (Lipinski definition) is 2. The van der Waals surface area contributed by atoms with Crippen LogP contribution in [0.15, 0.2) is 115 Å². The van der Waals surface area contributed by atoms with Crippen LogP contribution in [0.2, 0.25) is 0 Å². The molecule has 5 aromatic carbocycles. The highest BCUT2D eigenvalue weighted by Gasteiger charge is 2.46. The van der Waals surface area contributed by atoms with Crippen LogP contribution in [0.1, 0.15) is 33.4 Å². The van der Waals surface area contributed by atoms with E-state index in [-0.39, 0.29) is 11.1 Å². The zero-order valence-electron chi connectivity index (χ0n) is 19.2. The number of nitrogens with zero attached hydrogens (tertiary/aromatic N) is 2. The predicted octanol–water partition coefficient (Wildman–Crippen LogP) is 7.60. The van der Waals surface area contributed by atoms with Gasteiger partial charge < -0.3 is 0 Å². The number of nitriles is 2. The molecule has 0 aliphatic heterocycles. The van der Waals surface area contributed by atoms with Crippen molar-refractivity contribution in [1.29, 1.82) is 10.5 Å². The number of benzene rings is 5. The lowest BCUT2D eigenvalue weighted by atomic mass is 9.67. The molecule has 2 nitrogen and oxygen atoms in total. The molecule has 0 fully saturated rings. The SMILES string of the molecule is N#Cc1cc(-c2cccc3c2-c2ccccc2C3(c2ccccc2)c2ccccc2)cc(C#N)c1F. The van der Waals surface area contributed by atoms with Gasteiger partial charge in [-0.1, -0.05) is 103 Å². The zero-order valence-corrected chi connectivity index (χ0v) is 19.2. The van der Waals surface area contributed by atoms with E-state index in [0.29, 0.717) is 5.56 Å². The van der Waals surface area contributed by atoms with Gasteiger partial charge in [0, 0.05) is 0 Å². The quantitative estimate of drug-likeness (QED) is 0.272. The summed E-state index contributed by atoms with van der Waals surface area (Å²) in [6, 6.07) is 42.3. The molecule has 0 radical (unpaired) electrons. The van der Waals surface area contributed by atoms with E-state index in [1.807, 2.05) is 42.5 Å². The normalized spacial score (nSPS) is 12.8. The molecule has 1 aliphatic carbocycles. The number of fused-ring (bicyclic) bond motifs is 3. The fraction of sp³-hybridized carbons (Fsp3) is 0.0303. The van der Waals surface area contributed by atoms with E-state index in [9.17, 15) is 14.9 Å². The van der Waals surface area contributed by atoms with Gasteiger partial charge in [0.1, 0.15) is 12.1 Å². The number of hydrogen-bond donors (Lipinski definition) is 0. The Balaban J connectivity index is 1.76. The Hall–Kier alpha value is -4.99. The Bertz CT molecular complexity index is 1630. The molecule has 1 aliphatic rings. The van der Waals surface area contributed by atoms with E-state index in [4.69, 9.17) is 0 Å². The largest absolute Gasteiger partial charge is 0.204 e. The van der Waals surface area contributed by atoms with Gasteiger partial charge in [-0.05, 0) is 56.6 Å². The first kappa shape index (κ1) is 21.5. The Morgan fingerprint density at radius 1 is 0.556 bits per heavy atom. The first-order valence-corrected chi connectivity index (χ1v) is 11.7. The van der Waals surface area contributed by atoms with Crippen molar-refractivity contribution in [3.8, 4) is 34.4 Å². The Morgan fingerprint density at radius 3 is 1.64 bits per heavy atom. The third-order valence-electron chi connectivity index (χ3n) is 7.11. The molecule has 0 aromatic heterocycles. The summed E-state index contributed by atoms with van der Waals surface area (Å²) >= 11 is 0. The molecular formula is C33H19FN2. The molecule has 36 heavy (non-hydrogen) atoms. The average Bonchev–Trinajstić information content (AvgIpc) is 3.25. The monoisotopic (exact) mass is 462 g/mol. The molecule has 0 amide bonds. The van der Waals surface area contributed by atoms with Gasteiger partial charge in [0.15, 0.2) is 5.82 Å². The molecule has 0 bridgehead atoms. The van der Waals surface area contributed by atoms with Crippen LogP contribution in [0.3, 0.4) is 0 Å². The summed E-state index contributed by atoms with van der Waals surface area (Å²) in [6.45, 7) is 0. The van der Waals surface area contributed by atoms with Crippen molar-refractivity contribution in [2.75, 3.05) is 0 Å². The van der Waals surface area contributed by atoms with Gasteiger partial charge in [0.05, 0.1) is 16.5 Å². The maximum atomic E-state index is 14.6. The number of halogens is 1. The van der Waals surface area contributed by atoms with Crippen LogP contribution in [0.4, 0.5) is 4.39 Å². The first-order valence-electron chi connectivity index (χ1n) is 11.7. The summed E-state index contributed by atoms with van der Waals surface area (Å²) in [4.78, 5) is 0. The van der Waals surface area contributed by atoms with E-state index in [1.165, 1.54) is 0 Å². The van der Waals surface area contributed by atoms with Crippen LogP contribution in [0.5, 0.6) is 0 Å². The third kappa shape index (κ3) is 2.94. The van der Waals surface area contributed by atoms with Gasteiger partial charge in [-0.25, -0.2) is 4.39 Å². The lowest BCUT2D eigenvalue weighted by Gasteiger charge is -2.34. The maximum Gasteiger partial charge on any atom is 0.158 e. The van der Waals surface area contributed by atoms with E-state index in [2.05, 4.69) is 72.8 Å². The van der Waals surface area contributed by atoms with Gasteiger partial charge in [-0.3, -0.25) is 0 Å². The minimum atomic E-state index is -0.778. The molecule has 0 spiro atoms. The van der Waals surface area contributed by atoms with Crippen LogP contribution >= 0.6 is 0 Å². The van der Waals surface area contributed by atoms with Gasteiger partial charge >= 0.3 is 0 Å². The van der Waals surface area contributed by atoms with Crippen molar-refractivity contribution in [3.63, 3.8) is 0 Å². The molecule has 0 saturated carbocycles. The molecule has 6 rings (SSSR count). The molecule has 5 aromatic rings. The van der Waals surface area contributed by atoms with Crippen molar-refractivity contribution < 1.29 is 4.39 Å². The van der Waals surface area contributed by atoms with Crippen LogP contribution in [-0.4, -0.2) is 0 Å². The Labute approximate surface area is 209 Å². The van der Waals surface area contributed by atoms with Crippen LogP contribution in [0.25, 0.3) is 22.3 Å². The molecule has 0 N–H and O–H groups in total. The summed E-state index contributed by atoms with van der Waals surface area (Å²) in [5.41, 5.74) is 7.36. The molecule has 168 valence electrons. The van der Waals surface area contributed by atoms with E-state index in [1.54, 1.807) is 12.1 Å². The Kier molecular flexibility index (Phi) is 4.99. The molecule has 0 heterocycles. The third-order valence-corrected chi connectivity index (χ3v) is 7.11. The summed E-state index contributed by atoms with van der Waals surface area (Å²) in [5.74, 6) is -0.778. The highest BCUT2D eigenvalue weighted by atomic mass is 19.1. The molecule has 0 unspecified atom stereocenters. The minimum absolute atomic E-state index is 0.134. The van der Waals surface area contributed by atoms with E-state index in [0.717, 1.165) is 38.9 Å². The van der Waals surface area contributed by atoms with E-state index >= 15 is 0 Å². The molecular weight excluding hydrogens is 443 g/mol. The lowest BCUT2D eigenvalue weighted by molar-refractivity contribution is 0.620. The second-order valence-corrected chi connectivity index (χ2v) is 8.86. The molecule has 0 saturated heterocycles. The maximum absolute atomic E-state index is 14.6. The molecule has 0 atom stereocenters. The van der Waals surface area contributed by atoms with Crippen molar-refractivity contribution >= 4 is 0 Å². The first-order chi connectivity index (χ1) is 17.7. The van der Waals surface area contributed by atoms with Crippen LogP contribution in [-0.2, 0) is 5.41 Å². The van der Waals surface area contributed by atoms with Crippen LogP contribution < -0.4 is 0 Å². The fourth-order valence-corrected chi connectivity index (χ4v) is 5.68. The van der Waals surface area contributed by atoms with Crippen molar-refractivity contribution in [3.05, 3.63) is 154 Å². The minimum Gasteiger partial charge on any atom is -0.204 e. The summed E-state index contributed by atoms with van der Waals surface area (Å²) in [6.07, 6.45) is 0. The average molecular weight is 463 g/mol. The fourth-order valence-electron chi connectivity index (χ4n) is 5.68. The second kappa shape index (κ2) is 8.35. The smallest absolute Gasteiger partial charge is 0.158 e. The van der Waals surface area contributed by atoms with Crippen molar-refractivity contribution in [2.24, 2.45) is 0 Å². The summed E-state index contributed by atoms with van der Waals surface area (Å²) in [7, 11) is 0. The van der Waals surface area contributed by atoms with Gasteiger partial charge in [0.25, 0.3) is 0 Å². The van der Waals surface area contributed by atoms with E-state index < -0.39 is 11.2 Å². The predicted molar refractivity (Wildman–Crippen MR) is 139 cm³/mol. The van der Waals surface area contributed by atoms with Gasteiger partial charge in [0.2, 0.25) is 0 Å². The standard InChI is InChI=1S/C33H19FN2/c34-32-23(20-35)18-22(19-24(32)21-36)27-15-9-17-30-31(27)28-14-7-8-16-29(28)33(30,25-10-3-1-4-11-25)26-12-5-2-6-13-26/h1-19H. The Morgan fingerprint density at radius 2 is 1.06 bits per heavy atom. The van der Waals surface area contributed by atoms with Crippen molar-refractivity contribution in [2.45, 2.75) is 5.41 Å². The second-order valence-electron chi connectivity index (χ2n) is 8.86. The summed E-state index contributed by atoms with van der Waals surface area (Å²) < 4.78 is 14.6. The lowest BCUT2D eigenvalue weighted by Crippen LogP contribution is -2.28. The highest BCUT2D eigenvalue weighted by molar-refractivity contribution is 5.95. The van der Waals surface area contributed by atoms with Crippen molar-refractivity contribution in [1.82, 2.24) is 0 Å². The van der Waals surface area contributed by atoms with Gasteiger partial charge in [-0.15, -0.1) is 0 Å². The highest BCUT2D eigenvalue weighted by Crippen LogP contribution is 2.58. The molecule has 3 heteroatoms. The summed E-state index contributed by atoms with van der Waals surface area (Å²) in [5, 5.41) is 19.1. The topological polar surface area (TPSA) is 47.6 Å². The number of rotatable bonds is 3. The zero-order chi connectivity index (χ0) is 24.7.